The maximum absolute atomic E-state index is 9.79. The number of aromatic nitrogens is 2. The number of nitrogens with zero attached hydrogens (tertiary/aromatic N) is 2. The highest BCUT2D eigenvalue weighted by Gasteiger charge is 2.36. The Bertz CT molecular complexity index is 374. The molecule has 1 N–H and O–H groups in total. The zero-order valence-electron chi connectivity index (χ0n) is 11.3. The quantitative estimate of drug-likeness (QED) is 0.807. The summed E-state index contributed by atoms with van der Waals surface area (Å²) in [7, 11) is 0. The van der Waals surface area contributed by atoms with Gasteiger partial charge in [-0.2, -0.15) is 4.98 Å². The second kappa shape index (κ2) is 5.80. The summed E-state index contributed by atoms with van der Waals surface area (Å²) in [6.45, 7) is 6.56. The molecule has 2 rings (SSSR count). The number of hydrogen-bond acceptors (Lipinski definition) is 5. The molecule has 0 aromatic carbocycles. The van der Waals surface area contributed by atoms with Gasteiger partial charge in [0.25, 0.3) is 0 Å². The van der Waals surface area contributed by atoms with Gasteiger partial charge in [-0.05, 0) is 31.6 Å². The van der Waals surface area contributed by atoms with Gasteiger partial charge in [-0.1, -0.05) is 19.0 Å². The Labute approximate surface area is 108 Å². The minimum atomic E-state index is -0.440. The molecule has 1 aliphatic rings. The van der Waals surface area contributed by atoms with Crippen molar-refractivity contribution in [1.29, 1.82) is 0 Å². The number of aliphatic hydroxyl groups excluding tert-OH is 1. The Balaban J connectivity index is 1.99. The molecule has 1 aromatic rings. The third-order valence-corrected chi connectivity index (χ3v) is 3.29. The standard InChI is InChI=1S/C13H22N2O3/c1-4-17-12(9-5-6-9)13-14-11(18-15-13)7-10(16)8(2)3/h8-10,12,16H,4-7H2,1-3H3. The Hall–Kier alpha value is -0.940. The molecule has 1 aromatic heterocycles. The van der Waals surface area contributed by atoms with Gasteiger partial charge in [-0.15, -0.1) is 0 Å². The summed E-state index contributed by atoms with van der Waals surface area (Å²) in [4.78, 5) is 4.35. The molecule has 1 fully saturated rings. The van der Waals surface area contributed by atoms with Crippen LogP contribution in [-0.2, 0) is 11.2 Å². The van der Waals surface area contributed by atoms with Crippen molar-refractivity contribution in [2.45, 2.75) is 52.2 Å². The first-order chi connectivity index (χ1) is 8.61. The third kappa shape index (κ3) is 3.29. The van der Waals surface area contributed by atoms with Crippen molar-refractivity contribution in [2.24, 2.45) is 11.8 Å². The summed E-state index contributed by atoms with van der Waals surface area (Å²) in [5.74, 6) is 1.85. The summed E-state index contributed by atoms with van der Waals surface area (Å²) < 4.78 is 10.9. The Morgan fingerprint density at radius 3 is 2.72 bits per heavy atom. The molecule has 0 spiro atoms. The van der Waals surface area contributed by atoms with Crippen molar-refractivity contribution in [1.82, 2.24) is 10.1 Å². The van der Waals surface area contributed by atoms with Crippen molar-refractivity contribution in [3.8, 4) is 0 Å². The van der Waals surface area contributed by atoms with E-state index < -0.39 is 6.10 Å². The van der Waals surface area contributed by atoms with Crippen LogP contribution < -0.4 is 0 Å². The number of ether oxygens (including phenoxy) is 1. The van der Waals surface area contributed by atoms with Crippen LogP contribution in [0.25, 0.3) is 0 Å². The van der Waals surface area contributed by atoms with Crippen LogP contribution >= 0.6 is 0 Å². The molecule has 0 amide bonds. The fraction of sp³-hybridized carbons (Fsp3) is 0.846. The van der Waals surface area contributed by atoms with E-state index in [1.165, 1.54) is 12.8 Å². The third-order valence-electron chi connectivity index (χ3n) is 3.29. The first-order valence-electron chi connectivity index (χ1n) is 6.74. The van der Waals surface area contributed by atoms with Gasteiger partial charge in [0.2, 0.25) is 11.7 Å². The predicted molar refractivity (Wildman–Crippen MR) is 65.9 cm³/mol. The molecule has 0 aliphatic heterocycles. The van der Waals surface area contributed by atoms with Crippen LogP contribution in [0.15, 0.2) is 4.52 Å². The first-order valence-corrected chi connectivity index (χ1v) is 6.74. The average Bonchev–Trinajstić information content (AvgIpc) is 3.06. The first kappa shape index (κ1) is 13.5. The molecule has 5 nitrogen and oxygen atoms in total. The van der Waals surface area contributed by atoms with Gasteiger partial charge in [0.1, 0.15) is 6.10 Å². The molecule has 1 saturated carbocycles. The average molecular weight is 254 g/mol. The highest BCUT2D eigenvalue weighted by Crippen LogP contribution is 2.42. The number of hydrogen-bond donors (Lipinski definition) is 1. The van der Waals surface area contributed by atoms with E-state index >= 15 is 0 Å². The van der Waals surface area contributed by atoms with Crippen LogP contribution in [0.2, 0.25) is 0 Å². The smallest absolute Gasteiger partial charge is 0.229 e. The molecule has 2 unspecified atom stereocenters. The molecule has 18 heavy (non-hydrogen) atoms. The zero-order valence-corrected chi connectivity index (χ0v) is 11.3. The summed E-state index contributed by atoms with van der Waals surface area (Å²) in [5.41, 5.74) is 0. The zero-order chi connectivity index (χ0) is 13.1. The van der Waals surface area contributed by atoms with Gasteiger partial charge in [-0.25, -0.2) is 0 Å². The molecule has 102 valence electrons. The fourth-order valence-electron chi connectivity index (χ4n) is 1.88. The fourth-order valence-corrected chi connectivity index (χ4v) is 1.88. The van der Waals surface area contributed by atoms with E-state index in [0.29, 0.717) is 30.7 Å². The largest absolute Gasteiger partial charge is 0.392 e. The molecule has 0 bridgehead atoms. The van der Waals surface area contributed by atoms with Gasteiger partial charge >= 0.3 is 0 Å². The highest BCUT2D eigenvalue weighted by molar-refractivity contribution is 4.99. The Morgan fingerprint density at radius 1 is 1.44 bits per heavy atom. The molecule has 0 saturated heterocycles. The van der Waals surface area contributed by atoms with Crippen molar-refractivity contribution in [2.75, 3.05) is 6.61 Å². The van der Waals surface area contributed by atoms with Gasteiger partial charge in [0.05, 0.1) is 12.5 Å². The van der Waals surface area contributed by atoms with Gasteiger partial charge in [0.15, 0.2) is 0 Å². The molecular weight excluding hydrogens is 232 g/mol. The van der Waals surface area contributed by atoms with E-state index in [2.05, 4.69) is 10.1 Å². The second-order valence-corrected chi connectivity index (χ2v) is 5.28. The predicted octanol–water partition coefficient (Wildman–Crippen LogP) is 2.12. The van der Waals surface area contributed by atoms with Crippen molar-refractivity contribution < 1.29 is 14.4 Å². The van der Waals surface area contributed by atoms with Crippen LogP contribution in [0.1, 0.15) is 51.4 Å². The molecular formula is C13H22N2O3. The molecule has 0 radical (unpaired) electrons. The van der Waals surface area contributed by atoms with E-state index in [0.717, 1.165) is 0 Å². The van der Waals surface area contributed by atoms with Crippen LogP contribution in [0, 0.1) is 11.8 Å². The summed E-state index contributed by atoms with van der Waals surface area (Å²) in [5, 5.41) is 13.8. The SMILES string of the molecule is CCOC(c1noc(CC(O)C(C)C)n1)C1CC1. The van der Waals surface area contributed by atoms with Crippen LogP contribution in [0.5, 0.6) is 0 Å². The van der Waals surface area contributed by atoms with Gasteiger partial charge in [-0.3, -0.25) is 0 Å². The second-order valence-electron chi connectivity index (χ2n) is 5.28. The minimum Gasteiger partial charge on any atom is -0.392 e. The summed E-state index contributed by atoms with van der Waals surface area (Å²) in [6.07, 6.45) is 2.27. The maximum atomic E-state index is 9.79. The van der Waals surface area contributed by atoms with Gasteiger partial charge < -0.3 is 14.4 Å². The lowest BCUT2D eigenvalue weighted by atomic mass is 10.0. The van der Waals surface area contributed by atoms with E-state index in [9.17, 15) is 5.11 Å². The summed E-state index contributed by atoms with van der Waals surface area (Å²) in [6, 6.07) is 0. The topological polar surface area (TPSA) is 68.4 Å². The monoisotopic (exact) mass is 254 g/mol. The maximum Gasteiger partial charge on any atom is 0.229 e. The van der Waals surface area contributed by atoms with Gasteiger partial charge in [0, 0.05) is 6.61 Å². The Kier molecular flexibility index (Phi) is 4.35. The summed E-state index contributed by atoms with van der Waals surface area (Å²) >= 11 is 0. The van der Waals surface area contributed by atoms with Crippen LogP contribution in [-0.4, -0.2) is 28.0 Å². The highest BCUT2D eigenvalue weighted by atomic mass is 16.5. The van der Waals surface area contributed by atoms with E-state index in [1.54, 1.807) is 0 Å². The molecule has 1 heterocycles. The Morgan fingerprint density at radius 2 is 2.17 bits per heavy atom. The lowest BCUT2D eigenvalue weighted by molar-refractivity contribution is 0.0384. The van der Waals surface area contributed by atoms with Crippen LogP contribution in [0.3, 0.4) is 0 Å². The number of rotatable bonds is 7. The van der Waals surface area contributed by atoms with E-state index in [4.69, 9.17) is 9.26 Å². The normalized spacial score (nSPS) is 19.2. The number of aliphatic hydroxyl groups is 1. The van der Waals surface area contributed by atoms with Crippen molar-refractivity contribution in [3.63, 3.8) is 0 Å². The lowest BCUT2D eigenvalue weighted by Crippen LogP contribution is -2.18. The molecule has 1 aliphatic carbocycles. The molecule has 5 heteroatoms. The lowest BCUT2D eigenvalue weighted by Gasteiger charge is -2.12. The van der Waals surface area contributed by atoms with Crippen molar-refractivity contribution in [3.05, 3.63) is 11.7 Å². The van der Waals surface area contributed by atoms with Crippen molar-refractivity contribution >= 4 is 0 Å². The minimum absolute atomic E-state index is 0.0382. The molecule has 2 atom stereocenters. The van der Waals surface area contributed by atoms with E-state index in [1.807, 2.05) is 20.8 Å². The van der Waals surface area contributed by atoms with Crippen LogP contribution in [0.4, 0.5) is 0 Å². The van der Waals surface area contributed by atoms with E-state index in [-0.39, 0.29) is 12.0 Å².